The molecule has 1 unspecified atom stereocenters. The average Bonchev–Trinajstić information content (AvgIpc) is 2.33. The van der Waals surface area contributed by atoms with Crippen molar-refractivity contribution in [1.29, 1.82) is 0 Å². The van der Waals surface area contributed by atoms with Crippen molar-refractivity contribution in [3.05, 3.63) is 71.0 Å². The first-order valence-corrected chi connectivity index (χ1v) is 5.74. The van der Waals surface area contributed by atoms with Crippen LogP contribution < -0.4 is 5.73 Å². The Morgan fingerprint density at radius 3 is 1.88 bits per heavy atom. The fourth-order valence-electron chi connectivity index (χ4n) is 1.78. The molecule has 0 saturated carbocycles. The average molecular weight is 229 g/mol. The molecule has 0 saturated heterocycles. The van der Waals surface area contributed by atoms with Crippen molar-refractivity contribution in [3.63, 3.8) is 0 Å². The maximum Gasteiger partial charge on any atom is 0.123 e. The predicted octanol–water partition coefficient (Wildman–Crippen LogP) is 3.44. The number of halogens is 1. The van der Waals surface area contributed by atoms with Gasteiger partial charge < -0.3 is 5.73 Å². The SMILES string of the molecule is CC(N)c1ccc(Cc2ccc(F)cc2)cc1. The molecule has 2 aromatic carbocycles. The van der Waals surface area contributed by atoms with Crippen molar-refractivity contribution < 1.29 is 4.39 Å². The van der Waals surface area contributed by atoms with E-state index in [0.717, 1.165) is 17.5 Å². The Balaban J connectivity index is 2.11. The van der Waals surface area contributed by atoms with Crippen LogP contribution in [0.2, 0.25) is 0 Å². The Hall–Kier alpha value is -1.67. The van der Waals surface area contributed by atoms with Gasteiger partial charge in [0.05, 0.1) is 0 Å². The maximum atomic E-state index is 12.8. The van der Waals surface area contributed by atoms with Gasteiger partial charge in [-0.2, -0.15) is 0 Å². The fraction of sp³-hybridized carbons (Fsp3) is 0.200. The standard InChI is InChI=1S/C15H16FN/c1-11(17)14-6-2-12(3-7-14)10-13-4-8-15(16)9-5-13/h2-9,11H,10,17H2,1H3. The fourth-order valence-corrected chi connectivity index (χ4v) is 1.78. The second-order valence-corrected chi connectivity index (χ2v) is 4.33. The molecule has 0 radical (unpaired) electrons. The maximum absolute atomic E-state index is 12.8. The summed E-state index contributed by atoms with van der Waals surface area (Å²) >= 11 is 0. The van der Waals surface area contributed by atoms with E-state index in [1.165, 1.54) is 17.7 Å². The van der Waals surface area contributed by atoms with E-state index in [9.17, 15) is 4.39 Å². The monoisotopic (exact) mass is 229 g/mol. The minimum absolute atomic E-state index is 0.0647. The van der Waals surface area contributed by atoms with Crippen LogP contribution in [0.25, 0.3) is 0 Å². The highest BCUT2D eigenvalue weighted by molar-refractivity contribution is 5.29. The summed E-state index contributed by atoms with van der Waals surface area (Å²) in [5.74, 6) is -0.193. The number of nitrogens with two attached hydrogens (primary N) is 1. The smallest absolute Gasteiger partial charge is 0.123 e. The Morgan fingerprint density at radius 2 is 1.41 bits per heavy atom. The first kappa shape index (κ1) is 11.8. The van der Waals surface area contributed by atoms with E-state index in [0.29, 0.717) is 0 Å². The second kappa shape index (κ2) is 5.11. The Morgan fingerprint density at radius 1 is 0.941 bits per heavy atom. The number of rotatable bonds is 3. The molecule has 88 valence electrons. The molecule has 0 fully saturated rings. The lowest BCUT2D eigenvalue weighted by Crippen LogP contribution is -2.04. The van der Waals surface area contributed by atoms with Crippen LogP contribution in [0.5, 0.6) is 0 Å². The highest BCUT2D eigenvalue weighted by Gasteiger charge is 2.00. The summed E-state index contributed by atoms with van der Waals surface area (Å²) in [6, 6.07) is 14.9. The van der Waals surface area contributed by atoms with Gasteiger partial charge >= 0.3 is 0 Å². The van der Waals surface area contributed by atoms with Crippen molar-refractivity contribution in [2.75, 3.05) is 0 Å². The molecule has 0 aromatic heterocycles. The quantitative estimate of drug-likeness (QED) is 0.857. The van der Waals surface area contributed by atoms with Crippen LogP contribution >= 0.6 is 0 Å². The Bertz CT molecular complexity index is 471. The highest BCUT2D eigenvalue weighted by atomic mass is 19.1. The van der Waals surface area contributed by atoms with Gasteiger partial charge in [-0.25, -0.2) is 4.39 Å². The molecule has 0 aliphatic carbocycles. The third kappa shape index (κ3) is 3.14. The minimum atomic E-state index is -0.193. The number of hydrogen-bond acceptors (Lipinski definition) is 1. The Kier molecular flexibility index (Phi) is 3.55. The van der Waals surface area contributed by atoms with E-state index in [2.05, 4.69) is 12.1 Å². The van der Waals surface area contributed by atoms with Crippen molar-refractivity contribution >= 4 is 0 Å². The lowest BCUT2D eigenvalue weighted by Gasteiger charge is -2.07. The van der Waals surface area contributed by atoms with Gasteiger partial charge in [0.2, 0.25) is 0 Å². The van der Waals surface area contributed by atoms with Gasteiger partial charge in [-0.3, -0.25) is 0 Å². The van der Waals surface area contributed by atoms with E-state index < -0.39 is 0 Å². The van der Waals surface area contributed by atoms with Crippen molar-refractivity contribution in [2.45, 2.75) is 19.4 Å². The second-order valence-electron chi connectivity index (χ2n) is 4.33. The molecule has 0 aliphatic heterocycles. The normalized spacial score (nSPS) is 12.4. The first-order chi connectivity index (χ1) is 8.15. The van der Waals surface area contributed by atoms with Crippen LogP contribution in [0, 0.1) is 5.82 Å². The van der Waals surface area contributed by atoms with Gasteiger partial charge in [0.15, 0.2) is 0 Å². The number of hydrogen-bond donors (Lipinski definition) is 1. The van der Waals surface area contributed by atoms with Crippen LogP contribution in [0.1, 0.15) is 29.7 Å². The zero-order valence-electron chi connectivity index (χ0n) is 9.86. The molecule has 0 heterocycles. The van der Waals surface area contributed by atoms with Gasteiger partial charge in [0, 0.05) is 6.04 Å². The van der Waals surface area contributed by atoms with Crippen LogP contribution in [0.15, 0.2) is 48.5 Å². The first-order valence-electron chi connectivity index (χ1n) is 5.74. The summed E-state index contributed by atoms with van der Waals surface area (Å²) in [5.41, 5.74) is 9.24. The van der Waals surface area contributed by atoms with E-state index >= 15 is 0 Å². The van der Waals surface area contributed by atoms with Crippen LogP contribution in [-0.2, 0) is 6.42 Å². The van der Waals surface area contributed by atoms with Crippen LogP contribution in [0.4, 0.5) is 4.39 Å². The van der Waals surface area contributed by atoms with Gasteiger partial charge in [-0.1, -0.05) is 36.4 Å². The lowest BCUT2D eigenvalue weighted by molar-refractivity contribution is 0.627. The molecule has 17 heavy (non-hydrogen) atoms. The zero-order chi connectivity index (χ0) is 12.3. The molecule has 0 aliphatic rings. The zero-order valence-corrected chi connectivity index (χ0v) is 9.86. The lowest BCUT2D eigenvalue weighted by atomic mass is 10.0. The molecule has 1 atom stereocenters. The summed E-state index contributed by atoms with van der Waals surface area (Å²) in [5, 5.41) is 0. The summed E-state index contributed by atoms with van der Waals surface area (Å²) in [6.45, 7) is 1.97. The van der Waals surface area contributed by atoms with Gasteiger partial charge in [0.1, 0.15) is 5.82 Å². The van der Waals surface area contributed by atoms with Crippen molar-refractivity contribution in [2.24, 2.45) is 5.73 Å². The molecule has 2 heteroatoms. The summed E-state index contributed by atoms with van der Waals surface area (Å²) in [4.78, 5) is 0. The number of benzene rings is 2. The van der Waals surface area contributed by atoms with E-state index in [1.807, 2.05) is 31.2 Å². The Labute approximate surface area is 101 Å². The summed E-state index contributed by atoms with van der Waals surface area (Å²) in [7, 11) is 0. The molecule has 1 nitrogen and oxygen atoms in total. The minimum Gasteiger partial charge on any atom is -0.324 e. The molecule has 2 N–H and O–H groups in total. The van der Waals surface area contributed by atoms with Crippen LogP contribution in [0.3, 0.4) is 0 Å². The van der Waals surface area contributed by atoms with Gasteiger partial charge in [-0.05, 0) is 42.2 Å². The van der Waals surface area contributed by atoms with E-state index in [1.54, 1.807) is 0 Å². The largest absolute Gasteiger partial charge is 0.324 e. The molecule has 0 amide bonds. The van der Waals surface area contributed by atoms with E-state index in [4.69, 9.17) is 5.73 Å². The van der Waals surface area contributed by atoms with Crippen molar-refractivity contribution in [3.8, 4) is 0 Å². The highest BCUT2D eigenvalue weighted by Crippen LogP contribution is 2.14. The molecule has 2 rings (SSSR count). The summed E-state index contributed by atoms with van der Waals surface area (Å²) < 4.78 is 12.8. The molecule has 2 aromatic rings. The predicted molar refractivity (Wildman–Crippen MR) is 68.3 cm³/mol. The third-order valence-corrected chi connectivity index (χ3v) is 2.83. The van der Waals surface area contributed by atoms with Gasteiger partial charge in [-0.15, -0.1) is 0 Å². The molecular weight excluding hydrogens is 213 g/mol. The molecule has 0 bridgehead atoms. The topological polar surface area (TPSA) is 26.0 Å². The van der Waals surface area contributed by atoms with Gasteiger partial charge in [0.25, 0.3) is 0 Å². The molecule has 0 spiro atoms. The third-order valence-electron chi connectivity index (χ3n) is 2.83. The van der Waals surface area contributed by atoms with E-state index in [-0.39, 0.29) is 11.9 Å². The van der Waals surface area contributed by atoms with Crippen LogP contribution in [-0.4, -0.2) is 0 Å². The molecular formula is C15H16FN. The summed E-state index contributed by atoms with van der Waals surface area (Å²) in [6.07, 6.45) is 0.819. The van der Waals surface area contributed by atoms with Crippen molar-refractivity contribution in [1.82, 2.24) is 0 Å².